The predicted molar refractivity (Wildman–Crippen MR) is 80.4 cm³/mol. The maximum absolute atomic E-state index is 12.4. The van der Waals surface area contributed by atoms with Crippen LogP contribution in [0.25, 0.3) is 6.08 Å². The van der Waals surface area contributed by atoms with Crippen LogP contribution >= 0.6 is 11.6 Å². The van der Waals surface area contributed by atoms with E-state index in [0.717, 1.165) is 5.56 Å². The highest BCUT2D eigenvalue weighted by atomic mass is 35.5. The second kappa shape index (κ2) is 5.14. The number of fused-ring (bicyclic) bond motifs is 1. The Morgan fingerprint density at radius 1 is 1.15 bits per heavy atom. The number of aryl methyl sites for hydroxylation is 1. The van der Waals surface area contributed by atoms with Crippen molar-refractivity contribution in [1.29, 1.82) is 0 Å². The molecule has 20 heavy (non-hydrogen) atoms. The summed E-state index contributed by atoms with van der Waals surface area (Å²) in [5.41, 5.74) is 3.36. The molecule has 0 fully saturated rings. The third-order valence-electron chi connectivity index (χ3n) is 3.28. The van der Waals surface area contributed by atoms with Gasteiger partial charge in [-0.25, -0.2) is 0 Å². The van der Waals surface area contributed by atoms with Crippen molar-refractivity contribution in [3.8, 4) is 5.75 Å². The Morgan fingerprint density at radius 2 is 1.90 bits per heavy atom. The minimum absolute atomic E-state index is 0.0191. The minimum atomic E-state index is -0.0191. The second-order valence-electron chi connectivity index (χ2n) is 4.84. The molecule has 0 saturated carbocycles. The third kappa shape index (κ3) is 2.47. The van der Waals surface area contributed by atoms with E-state index in [1.165, 1.54) is 5.56 Å². The molecule has 2 aromatic carbocycles. The van der Waals surface area contributed by atoms with Crippen LogP contribution in [0.4, 0.5) is 0 Å². The molecule has 3 heteroatoms. The van der Waals surface area contributed by atoms with Crippen LogP contribution in [-0.2, 0) is 0 Å². The first-order valence-corrected chi connectivity index (χ1v) is 6.75. The fourth-order valence-electron chi connectivity index (χ4n) is 2.17. The lowest BCUT2D eigenvalue weighted by Gasteiger charge is -2.19. The summed E-state index contributed by atoms with van der Waals surface area (Å²) in [6.07, 6.45) is 1.87. The Kier molecular flexibility index (Phi) is 3.33. The molecule has 0 saturated heterocycles. The highest BCUT2D eigenvalue weighted by Gasteiger charge is 2.23. The molecule has 1 heterocycles. The van der Waals surface area contributed by atoms with Gasteiger partial charge in [0.15, 0.2) is 5.78 Å². The van der Waals surface area contributed by atoms with E-state index >= 15 is 0 Å². The van der Waals surface area contributed by atoms with E-state index in [-0.39, 0.29) is 5.78 Å². The van der Waals surface area contributed by atoms with Gasteiger partial charge in [0, 0.05) is 10.6 Å². The Balaban J connectivity index is 1.97. The fourth-order valence-corrected chi connectivity index (χ4v) is 2.34. The summed E-state index contributed by atoms with van der Waals surface area (Å²) in [4.78, 5) is 12.4. The zero-order valence-corrected chi connectivity index (χ0v) is 11.8. The maximum atomic E-state index is 12.4. The summed E-state index contributed by atoms with van der Waals surface area (Å²) in [5, 5.41) is 0.539. The Labute approximate surface area is 122 Å². The molecule has 0 unspecified atom stereocenters. The number of ketones is 1. The molecule has 0 atom stereocenters. The quantitative estimate of drug-likeness (QED) is 0.730. The predicted octanol–water partition coefficient (Wildman–Crippen LogP) is 4.31. The highest BCUT2D eigenvalue weighted by molar-refractivity contribution is 6.31. The van der Waals surface area contributed by atoms with E-state index in [0.29, 0.717) is 28.5 Å². The molecule has 3 rings (SSSR count). The van der Waals surface area contributed by atoms with Gasteiger partial charge >= 0.3 is 0 Å². The number of carbonyl (C=O) groups is 1. The van der Waals surface area contributed by atoms with Crippen molar-refractivity contribution in [1.82, 2.24) is 0 Å². The van der Waals surface area contributed by atoms with Crippen LogP contribution in [0.1, 0.15) is 21.5 Å². The Hall–Kier alpha value is -2.06. The van der Waals surface area contributed by atoms with Gasteiger partial charge in [-0.3, -0.25) is 4.79 Å². The number of ether oxygens (including phenoxy) is 1. The van der Waals surface area contributed by atoms with Crippen LogP contribution in [-0.4, -0.2) is 12.4 Å². The van der Waals surface area contributed by atoms with E-state index < -0.39 is 0 Å². The summed E-state index contributed by atoms with van der Waals surface area (Å²) >= 11 is 5.94. The highest BCUT2D eigenvalue weighted by Crippen LogP contribution is 2.30. The number of hydrogen-bond acceptors (Lipinski definition) is 2. The van der Waals surface area contributed by atoms with Gasteiger partial charge in [0.25, 0.3) is 0 Å². The van der Waals surface area contributed by atoms with Gasteiger partial charge in [-0.2, -0.15) is 0 Å². The first-order valence-electron chi connectivity index (χ1n) is 6.38. The van der Waals surface area contributed by atoms with Gasteiger partial charge in [0.2, 0.25) is 0 Å². The molecule has 0 aromatic heterocycles. The van der Waals surface area contributed by atoms with E-state index in [4.69, 9.17) is 16.3 Å². The van der Waals surface area contributed by atoms with Gasteiger partial charge in [0.1, 0.15) is 12.4 Å². The Bertz CT molecular complexity index is 699. The van der Waals surface area contributed by atoms with Crippen LogP contribution in [0.3, 0.4) is 0 Å². The molecule has 0 spiro atoms. The number of Topliss-reactive ketones (excluding diaryl/α,β-unsaturated/α-hetero) is 1. The van der Waals surface area contributed by atoms with Crippen molar-refractivity contribution in [2.45, 2.75) is 6.92 Å². The number of carbonyl (C=O) groups excluding carboxylic acids is 1. The molecule has 2 aromatic rings. The number of benzene rings is 2. The fraction of sp³-hybridized carbons (Fsp3) is 0.118. The standard InChI is InChI=1S/C17H13ClO2/c1-11-2-4-12(5-3-11)8-13-10-20-16-7-6-14(18)9-15(16)17(13)19/h2-9H,10H2,1H3/b13-8+. The zero-order valence-electron chi connectivity index (χ0n) is 11.0. The third-order valence-corrected chi connectivity index (χ3v) is 3.51. The largest absolute Gasteiger partial charge is 0.488 e. The van der Waals surface area contributed by atoms with Crippen LogP contribution in [0.5, 0.6) is 5.75 Å². The van der Waals surface area contributed by atoms with Crippen LogP contribution in [0, 0.1) is 6.92 Å². The molecule has 0 bridgehead atoms. The lowest BCUT2D eigenvalue weighted by molar-refractivity contribution is 0.100. The SMILES string of the molecule is Cc1ccc(/C=C2\COc3ccc(Cl)cc3C2=O)cc1. The number of halogens is 1. The average Bonchev–Trinajstić information content (AvgIpc) is 2.45. The van der Waals surface area contributed by atoms with Crippen LogP contribution in [0.15, 0.2) is 48.0 Å². The van der Waals surface area contributed by atoms with Gasteiger partial charge < -0.3 is 4.74 Å². The lowest BCUT2D eigenvalue weighted by atomic mass is 9.98. The average molecular weight is 285 g/mol. The van der Waals surface area contributed by atoms with Crippen LogP contribution in [0.2, 0.25) is 5.02 Å². The van der Waals surface area contributed by atoms with Crippen molar-refractivity contribution in [3.05, 3.63) is 69.8 Å². The molecule has 0 amide bonds. The van der Waals surface area contributed by atoms with E-state index in [1.807, 2.05) is 37.3 Å². The molecule has 0 aliphatic carbocycles. The van der Waals surface area contributed by atoms with E-state index in [1.54, 1.807) is 18.2 Å². The number of hydrogen-bond donors (Lipinski definition) is 0. The lowest BCUT2D eigenvalue weighted by Crippen LogP contribution is -2.18. The van der Waals surface area contributed by atoms with Crippen molar-refractivity contribution in [2.75, 3.05) is 6.61 Å². The summed E-state index contributed by atoms with van der Waals surface area (Å²) in [5.74, 6) is 0.579. The maximum Gasteiger partial charge on any atom is 0.196 e. The van der Waals surface area contributed by atoms with Crippen LogP contribution < -0.4 is 4.74 Å². The summed E-state index contributed by atoms with van der Waals surface area (Å²) in [7, 11) is 0. The minimum Gasteiger partial charge on any atom is -0.488 e. The van der Waals surface area contributed by atoms with Gasteiger partial charge in [-0.05, 0) is 36.8 Å². The topological polar surface area (TPSA) is 26.3 Å². The molecular formula is C17H13ClO2. The molecule has 100 valence electrons. The molecule has 0 radical (unpaired) electrons. The smallest absolute Gasteiger partial charge is 0.196 e. The molecular weight excluding hydrogens is 272 g/mol. The first-order chi connectivity index (χ1) is 9.63. The molecule has 1 aliphatic rings. The van der Waals surface area contributed by atoms with Gasteiger partial charge in [-0.15, -0.1) is 0 Å². The normalized spacial score (nSPS) is 15.9. The summed E-state index contributed by atoms with van der Waals surface area (Å²) in [6, 6.07) is 13.1. The monoisotopic (exact) mass is 284 g/mol. The first kappa shape index (κ1) is 12.9. The van der Waals surface area contributed by atoms with Crippen molar-refractivity contribution < 1.29 is 9.53 Å². The molecule has 2 nitrogen and oxygen atoms in total. The van der Waals surface area contributed by atoms with Crippen molar-refractivity contribution in [3.63, 3.8) is 0 Å². The molecule has 0 N–H and O–H groups in total. The summed E-state index contributed by atoms with van der Waals surface area (Å²) in [6.45, 7) is 2.32. The Morgan fingerprint density at radius 3 is 2.65 bits per heavy atom. The van der Waals surface area contributed by atoms with E-state index in [9.17, 15) is 4.79 Å². The van der Waals surface area contributed by atoms with Crippen molar-refractivity contribution >= 4 is 23.5 Å². The summed E-state index contributed by atoms with van der Waals surface area (Å²) < 4.78 is 5.61. The zero-order chi connectivity index (χ0) is 14.1. The second-order valence-corrected chi connectivity index (χ2v) is 5.27. The van der Waals surface area contributed by atoms with E-state index in [2.05, 4.69) is 0 Å². The van der Waals surface area contributed by atoms with Crippen molar-refractivity contribution in [2.24, 2.45) is 0 Å². The molecule has 1 aliphatic heterocycles. The van der Waals surface area contributed by atoms with Gasteiger partial charge in [-0.1, -0.05) is 41.4 Å². The number of rotatable bonds is 1. The van der Waals surface area contributed by atoms with Gasteiger partial charge in [0.05, 0.1) is 5.56 Å².